The van der Waals surface area contributed by atoms with E-state index in [-0.39, 0.29) is 6.10 Å². The average Bonchev–Trinajstić information content (AvgIpc) is 2.11. The van der Waals surface area contributed by atoms with Crippen molar-refractivity contribution in [2.45, 2.75) is 52.7 Å². The van der Waals surface area contributed by atoms with E-state index in [1.54, 1.807) is 6.92 Å². The van der Waals surface area contributed by atoms with E-state index in [0.717, 1.165) is 0 Å². The van der Waals surface area contributed by atoms with Crippen molar-refractivity contribution >= 4 is 17.3 Å². The highest BCUT2D eigenvalue weighted by molar-refractivity contribution is 6.26. The number of ether oxygens (including phenoxy) is 1. The summed E-state index contributed by atoms with van der Waals surface area (Å²) in [5.74, 6) is -1.66. The summed E-state index contributed by atoms with van der Waals surface area (Å²) in [6.07, 6.45) is 0.331. The lowest BCUT2D eigenvalue weighted by atomic mass is 9.90. The number of hydrogen-bond donors (Lipinski definition) is 0. The molecule has 0 bridgehead atoms. The number of rotatable bonds is 6. The lowest BCUT2D eigenvalue weighted by Crippen LogP contribution is -2.54. The van der Waals surface area contributed by atoms with Gasteiger partial charge < -0.3 is 4.74 Å². The van der Waals surface area contributed by atoms with E-state index in [0.29, 0.717) is 6.42 Å². The van der Waals surface area contributed by atoms with E-state index < -0.39 is 23.0 Å². The Morgan fingerprint density at radius 1 is 1.07 bits per heavy atom. The van der Waals surface area contributed by atoms with Gasteiger partial charge in [-0.05, 0) is 34.1 Å². The summed E-state index contributed by atoms with van der Waals surface area (Å²) in [6, 6.07) is 0. The van der Waals surface area contributed by atoms with E-state index in [1.165, 1.54) is 20.8 Å². The molecule has 1 atom stereocenters. The highest BCUT2D eigenvalue weighted by Gasteiger charge is 2.47. The van der Waals surface area contributed by atoms with Gasteiger partial charge in [-0.1, -0.05) is 6.92 Å². The van der Waals surface area contributed by atoms with Gasteiger partial charge in [0.25, 0.3) is 0 Å². The van der Waals surface area contributed by atoms with Crippen molar-refractivity contribution in [2.75, 3.05) is 0 Å². The van der Waals surface area contributed by atoms with Crippen LogP contribution >= 0.6 is 0 Å². The molecule has 0 aromatic heterocycles. The molecule has 0 spiro atoms. The molecule has 0 saturated heterocycles. The van der Waals surface area contributed by atoms with E-state index in [2.05, 4.69) is 0 Å². The fraction of sp³-hybridized carbons (Fsp3) is 0.727. The Bertz CT molecular complexity index is 244. The monoisotopic (exact) mass is 214 g/mol. The second-order valence-electron chi connectivity index (χ2n) is 3.69. The number of carbonyl (C=O) groups is 3. The Morgan fingerprint density at radius 2 is 1.40 bits per heavy atom. The van der Waals surface area contributed by atoms with Crippen LogP contribution in [0.4, 0.5) is 0 Å². The molecule has 4 nitrogen and oxygen atoms in total. The second-order valence-corrected chi connectivity index (χ2v) is 3.69. The number of ketones is 3. The first-order valence-electron chi connectivity index (χ1n) is 4.99. The Morgan fingerprint density at radius 3 is 1.60 bits per heavy atom. The van der Waals surface area contributed by atoms with Crippen LogP contribution in [0.25, 0.3) is 0 Å². The summed E-state index contributed by atoms with van der Waals surface area (Å²) >= 11 is 0. The first kappa shape index (κ1) is 14.0. The maximum Gasteiger partial charge on any atom is 0.242 e. The molecule has 15 heavy (non-hydrogen) atoms. The molecule has 0 saturated carbocycles. The molecule has 0 aliphatic rings. The van der Waals surface area contributed by atoms with Crippen molar-refractivity contribution < 1.29 is 19.1 Å². The van der Waals surface area contributed by atoms with Crippen LogP contribution in [0.2, 0.25) is 0 Å². The van der Waals surface area contributed by atoms with Gasteiger partial charge in [-0.15, -0.1) is 0 Å². The minimum atomic E-state index is -1.89. The Balaban J connectivity index is 5.24. The van der Waals surface area contributed by atoms with Gasteiger partial charge in [0.05, 0.1) is 6.10 Å². The maximum absolute atomic E-state index is 11.4. The zero-order valence-corrected chi connectivity index (χ0v) is 9.92. The summed E-state index contributed by atoms with van der Waals surface area (Å²) in [5.41, 5.74) is -1.89. The normalized spacial score (nSPS) is 13.4. The van der Waals surface area contributed by atoms with Crippen molar-refractivity contribution in [1.29, 1.82) is 0 Å². The lowest BCUT2D eigenvalue weighted by Gasteiger charge is -2.29. The molecule has 0 rings (SSSR count). The molecular formula is C11H18O4. The Kier molecular flexibility index (Phi) is 4.81. The van der Waals surface area contributed by atoms with Crippen LogP contribution in [-0.2, 0) is 19.1 Å². The van der Waals surface area contributed by atoms with Crippen molar-refractivity contribution in [3.63, 3.8) is 0 Å². The molecule has 0 aromatic carbocycles. The zero-order valence-electron chi connectivity index (χ0n) is 9.92. The van der Waals surface area contributed by atoms with Crippen LogP contribution in [-0.4, -0.2) is 29.1 Å². The largest absolute Gasteiger partial charge is 0.350 e. The van der Waals surface area contributed by atoms with Crippen LogP contribution in [0.3, 0.4) is 0 Å². The van der Waals surface area contributed by atoms with Crippen LogP contribution < -0.4 is 0 Å². The molecule has 4 heteroatoms. The van der Waals surface area contributed by atoms with Gasteiger partial charge in [-0.2, -0.15) is 0 Å². The number of hydrogen-bond acceptors (Lipinski definition) is 4. The smallest absolute Gasteiger partial charge is 0.242 e. The summed E-state index contributed by atoms with van der Waals surface area (Å²) in [6.45, 7) is 7.18. The standard InChI is InChI=1S/C11H18O4/c1-6-7(2)15-11(8(3)12,9(4)13)10(5)14/h7H,6H2,1-5H3. The van der Waals surface area contributed by atoms with Crippen LogP contribution in [0.1, 0.15) is 41.0 Å². The molecule has 0 N–H and O–H groups in total. The van der Waals surface area contributed by atoms with Gasteiger partial charge in [0, 0.05) is 0 Å². The van der Waals surface area contributed by atoms with Crippen LogP contribution in [0.5, 0.6) is 0 Å². The van der Waals surface area contributed by atoms with Crippen molar-refractivity contribution in [3.8, 4) is 0 Å². The fourth-order valence-electron chi connectivity index (χ4n) is 1.38. The molecule has 0 amide bonds. The Labute approximate surface area is 90.0 Å². The van der Waals surface area contributed by atoms with Gasteiger partial charge in [-0.25, -0.2) is 0 Å². The predicted molar refractivity (Wildman–Crippen MR) is 55.6 cm³/mol. The van der Waals surface area contributed by atoms with Gasteiger partial charge >= 0.3 is 0 Å². The van der Waals surface area contributed by atoms with E-state index >= 15 is 0 Å². The third-order valence-corrected chi connectivity index (χ3v) is 2.44. The lowest BCUT2D eigenvalue weighted by molar-refractivity contribution is -0.168. The molecule has 0 aliphatic heterocycles. The quantitative estimate of drug-likeness (QED) is 0.625. The molecule has 1 unspecified atom stereocenters. The molecular weight excluding hydrogens is 196 g/mol. The third-order valence-electron chi connectivity index (χ3n) is 2.44. The van der Waals surface area contributed by atoms with Crippen molar-refractivity contribution in [3.05, 3.63) is 0 Å². The van der Waals surface area contributed by atoms with Gasteiger partial charge in [0.2, 0.25) is 5.60 Å². The number of carbonyl (C=O) groups excluding carboxylic acids is 3. The van der Waals surface area contributed by atoms with Crippen molar-refractivity contribution in [2.24, 2.45) is 0 Å². The highest BCUT2D eigenvalue weighted by atomic mass is 16.5. The highest BCUT2D eigenvalue weighted by Crippen LogP contribution is 2.19. The molecule has 0 fully saturated rings. The third kappa shape index (κ3) is 2.72. The topological polar surface area (TPSA) is 60.4 Å². The molecule has 0 radical (unpaired) electrons. The summed E-state index contributed by atoms with van der Waals surface area (Å²) in [7, 11) is 0. The maximum atomic E-state index is 11.4. The van der Waals surface area contributed by atoms with E-state index in [4.69, 9.17) is 4.74 Å². The fourth-order valence-corrected chi connectivity index (χ4v) is 1.38. The van der Waals surface area contributed by atoms with Gasteiger partial charge in [0.15, 0.2) is 17.3 Å². The minimum Gasteiger partial charge on any atom is -0.350 e. The first-order valence-corrected chi connectivity index (χ1v) is 4.99. The molecule has 86 valence electrons. The minimum absolute atomic E-state index is 0.304. The molecule has 0 heterocycles. The van der Waals surface area contributed by atoms with E-state index in [1.807, 2.05) is 6.92 Å². The first-order chi connectivity index (χ1) is 6.78. The Hall–Kier alpha value is -1.03. The second kappa shape index (κ2) is 5.16. The van der Waals surface area contributed by atoms with Crippen LogP contribution in [0.15, 0.2) is 0 Å². The zero-order chi connectivity index (χ0) is 12.2. The SMILES string of the molecule is CCC(C)OC(C(C)=O)(C(C)=O)C(C)=O. The van der Waals surface area contributed by atoms with Crippen LogP contribution in [0, 0.1) is 0 Å². The summed E-state index contributed by atoms with van der Waals surface area (Å²) in [5, 5.41) is 0. The molecule has 0 aliphatic carbocycles. The summed E-state index contributed by atoms with van der Waals surface area (Å²) < 4.78 is 5.32. The predicted octanol–water partition coefficient (Wildman–Crippen LogP) is 1.31. The average molecular weight is 214 g/mol. The van der Waals surface area contributed by atoms with Gasteiger partial charge in [0.1, 0.15) is 0 Å². The van der Waals surface area contributed by atoms with Crippen molar-refractivity contribution in [1.82, 2.24) is 0 Å². The number of Topliss-reactive ketones (excluding diaryl/α,β-unsaturated/α-hetero) is 3. The summed E-state index contributed by atoms with van der Waals surface area (Å²) in [4.78, 5) is 34.3. The van der Waals surface area contributed by atoms with E-state index in [9.17, 15) is 14.4 Å². The molecule has 0 aromatic rings. The van der Waals surface area contributed by atoms with Gasteiger partial charge in [-0.3, -0.25) is 14.4 Å².